The molecule has 0 amide bonds. The summed E-state index contributed by atoms with van der Waals surface area (Å²) in [6.45, 7) is 2.11. The van der Waals surface area contributed by atoms with Gasteiger partial charge in [-0.3, -0.25) is 4.79 Å². The number of aryl methyl sites for hydroxylation is 1. The number of hydrogen-bond donors (Lipinski definition) is 0. The Morgan fingerprint density at radius 1 is 1.09 bits per heavy atom. The molecule has 120 valence electrons. The summed E-state index contributed by atoms with van der Waals surface area (Å²) in [5.41, 5.74) is 2.63. The van der Waals surface area contributed by atoms with E-state index in [1.807, 2.05) is 37.3 Å². The second-order valence-corrected chi connectivity index (χ2v) is 4.87. The zero-order valence-electron chi connectivity index (χ0n) is 12.8. The van der Waals surface area contributed by atoms with E-state index >= 15 is 0 Å². The van der Waals surface area contributed by atoms with E-state index in [-0.39, 0.29) is 19.7 Å². The molecule has 2 rings (SSSR count). The molecule has 0 fully saturated rings. The fourth-order valence-electron chi connectivity index (χ4n) is 1.99. The molecule has 2 aromatic carbocycles. The van der Waals surface area contributed by atoms with E-state index in [9.17, 15) is 9.59 Å². The van der Waals surface area contributed by atoms with E-state index in [2.05, 4.69) is 0 Å². The molecular formula is C18H18O5. The van der Waals surface area contributed by atoms with E-state index in [1.54, 1.807) is 24.3 Å². The smallest absolute Gasteiger partial charge is 0.332 e. The van der Waals surface area contributed by atoms with Crippen LogP contribution in [0.3, 0.4) is 0 Å². The van der Waals surface area contributed by atoms with E-state index in [0.717, 1.165) is 11.1 Å². The minimum atomic E-state index is -0.931. The number of benzene rings is 2. The van der Waals surface area contributed by atoms with Crippen molar-refractivity contribution in [3.05, 3.63) is 71.3 Å². The van der Waals surface area contributed by atoms with E-state index < -0.39 is 12.3 Å². The Balaban J connectivity index is 1.84. The number of hydrogen-bond acceptors (Lipinski definition) is 5. The predicted molar refractivity (Wildman–Crippen MR) is 83.3 cm³/mol. The Morgan fingerprint density at radius 3 is 2.48 bits per heavy atom. The van der Waals surface area contributed by atoms with Crippen molar-refractivity contribution < 1.29 is 23.8 Å². The van der Waals surface area contributed by atoms with E-state index in [1.165, 1.54) is 0 Å². The van der Waals surface area contributed by atoms with Gasteiger partial charge in [0.1, 0.15) is 13.2 Å². The highest BCUT2D eigenvalue weighted by Crippen LogP contribution is 2.17. The molecule has 0 aliphatic carbocycles. The molecule has 0 saturated heterocycles. The third-order valence-electron chi connectivity index (χ3n) is 3.25. The van der Waals surface area contributed by atoms with Crippen molar-refractivity contribution in [1.29, 1.82) is 0 Å². The molecule has 1 unspecified atom stereocenters. The average Bonchev–Trinajstić information content (AvgIpc) is 2.58. The molecule has 1 atom stereocenters. The van der Waals surface area contributed by atoms with Crippen LogP contribution >= 0.6 is 0 Å². The first-order chi connectivity index (χ1) is 11.2. The van der Waals surface area contributed by atoms with Crippen molar-refractivity contribution in [2.24, 2.45) is 0 Å². The van der Waals surface area contributed by atoms with Crippen LogP contribution in [-0.2, 0) is 30.4 Å². The third-order valence-corrected chi connectivity index (χ3v) is 3.25. The van der Waals surface area contributed by atoms with Crippen LogP contribution in [-0.4, -0.2) is 19.0 Å². The summed E-state index contributed by atoms with van der Waals surface area (Å²) in [7, 11) is 0. The maximum Gasteiger partial charge on any atom is 0.332 e. The van der Waals surface area contributed by atoms with Gasteiger partial charge in [-0.25, -0.2) is 4.79 Å². The zero-order chi connectivity index (χ0) is 16.5. The first-order valence-corrected chi connectivity index (χ1v) is 7.16. The highest BCUT2D eigenvalue weighted by molar-refractivity contribution is 5.70. The number of carbonyl (C=O) groups excluding carboxylic acids is 2. The molecule has 5 heteroatoms. The maximum absolute atomic E-state index is 11.8. The Hall–Kier alpha value is -2.66. The molecule has 0 aliphatic rings. The summed E-state index contributed by atoms with van der Waals surface area (Å²) in [5.74, 6) is -0.524. The van der Waals surface area contributed by atoms with Gasteiger partial charge in [0.25, 0.3) is 6.47 Å². The molecule has 5 nitrogen and oxygen atoms in total. The molecule has 23 heavy (non-hydrogen) atoms. The molecule has 0 aliphatic heterocycles. The van der Waals surface area contributed by atoms with Crippen molar-refractivity contribution in [3.63, 3.8) is 0 Å². The van der Waals surface area contributed by atoms with Gasteiger partial charge in [0, 0.05) is 5.56 Å². The molecule has 0 bridgehead atoms. The molecule has 0 spiro atoms. The van der Waals surface area contributed by atoms with Crippen molar-refractivity contribution in [2.45, 2.75) is 19.8 Å². The van der Waals surface area contributed by atoms with E-state index in [4.69, 9.17) is 14.2 Å². The number of carbonyl (C=O) groups is 2. The Bertz CT molecular complexity index is 639. The van der Waals surface area contributed by atoms with Crippen LogP contribution in [0.15, 0.2) is 54.6 Å². The lowest BCUT2D eigenvalue weighted by molar-refractivity contribution is -0.179. The third kappa shape index (κ3) is 5.23. The lowest BCUT2D eigenvalue weighted by atomic mass is 10.1. The lowest BCUT2D eigenvalue weighted by Crippen LogP contribution is -2.17. The summed E-state index contributed by atoms with van der Waals surface area (Å²) in [5, 5.41) is 0. The van der Waals surface area contributed by atoms with Gasteiger partial charge in [-0.2, -0.15) is 0 Å². The lowest BCUT2D eigenvalue weighted by Gasteiger charge is -2.16. The van der Waals surface area contributed by atoms with Gasteiger partial charge >= 0.3 is 5.97 Å². The zero-order valence-corrected chi connectivity index (χ0v) is 12.8. The monoisotopic (exact) mass is 314 g/mol. The summed E-state index contributed by atoms with van der Waals surface area (Å²) in [6.07, 6.45) is -0.931. The predicted octanol–water partition coefficient (Wildman–Crippen LogP) is 2.93. The number of ether oxygens (including phenoxy) is 3. The van der Waals surface area contributed by atoms with Crippen molar-refractivity contribution in [1.82, 2.24) is 0 Å². The van der Waals surface area contributed by atoms with Crippen molar-refractivity contribution in [3.8, 4) is 0 Å². The second-order valence-electron chi connectivity index (χ2n) is 4.87. The van der Waals surface area contributed by atoms with Gasteiger partial charge in [-0.05, 0) is 18.1 Å². The summed E-state index contributed by atoms with van der Waals surface area (Å²) >= 11 is 0. The van der Waals surface area contributed by atoms with Gasteiger partial charge in [0.2, 0.25) is 6.29 Å². The fraction of sp³-hybridized carbons (Fsp3) is 0.222. The van der Waals surface area contributed by atoms with Crippen molar-refractivity contribution >= 4 is 12.4 Å². The van der Waals surface area contributed by atoms with Crippen LogP contribution in [0.2, 0.25) is 0 Å². The van der Waals surface area contributed by atoms with Gasteiger partial charge in [-0.15, -0.1) is 0 Å². The Kier molecular flexibility index (Phi) is 6.32. The summed E-state index contributed by atoms with van der Waals surface area (Å²) < 4.78 is 15.3. The molecule has 0 saturated carbocycles. The summed E-state index contributed by atoms with van der Waals surface area (Å²) in [4.78, 5) is 22.3. The van der Waals surface area contributed by atoms with E-state index in [0.29, 0.717) is 5.56 Å². The molecular weight excluding hydrogens is 296 g/mol. The second kappa shape index (κ2) is 8.70. The van der Waals surface area contributed by atoms with Gasteiger partial charge in [-0.1, -0.05) is 54.6 Å². The number of esters is 1. The normalized spacial score (nSPS) is 11.5. The van der Waals surface area contributed by atoms with Crippen LogP contribution < -0.4 is 0 Å². The quantitative estimate of drug-likeness (QED) is 0.426. The van der Waals surface area contributed by atoms with Crippen LogP contribution in [0.1, 0.15) is 23.0 Å². The summed E-state index contributed by atoms with van der Waals surface area (Å²) in [6, 6.07) is 16.5. The van der Waals surface area contributed by atoms with Crippen LogP contribution in [0.25, 0.3) is 0 Å². The first-order valence-electron chi connectivity index (χ1n) is 7.16. The van der Waals surface area contributed by atoms with Crippen molar-refractivity contribution in [2.75, 3.05) is 6.61 Å². The molecule has 0 aromatic heterocycles. The van der Waals surface area contributed by atoms with Crippen LogP contribution in [0, 0.1) is 6.92 Å². The van der Waals surface area contributed by atoms with Crippen LogP contribution in [0.5, 0.6) is 0 Å². The highest BCUT2D eigenvalue weighted by Gasteiger charge is 2.15. The average molecular weight is 314 g/mol. The topological polar surface area (TPSA) is 61.8 Å². The Morgan fingerprint density at radius 2 is 1.78 bits per heavy atom. The molecule has 0 N–H and O–H groups in total. The minimum absolute atomic E-state index is 0.180. The standard InChI is InChI=1S/C18H18O5/c1-14-7-5-6-10-16(14)11-21-17(20)12-22-18(23-13-19)15-8-3-2-4-9-15/h2-10,13,18H,11-12H2,1H3. The van der Waals surface area contributed by atoms with Gasteiger partial charge in [0.05, 0.1) is 0 Å². The fourth-order valence-corrected chi connectivity index (χ4v) is 1.99. The minimum Gasteiger partial charge on any atom is -0.459 e. The molecule has 2 aromatic rings. The number of rotatable bonds is 8. The van der Waals surface area contributed by atoms with Gasteiger partial charge in [0.15, 0.2) is 0 Å². The first kappa shape index (κ1) is 16.7. The van der Waals surface area contributed by atoms with Crippen LogP contribution in [0.4, 0.5) is 0 Å². The maximum atomic E-state index is 11.8. The van der Waals surface area contributed by atoms with Gasteiger partial charge < -0.3 is 14.2 Å². The molecule has 0 heterocycles. The molecule has 0 radical (unpaired) electrons. The SMILES string of the molecule is Cc1ccccc1COC(=O)COC(OC=O)c1ccccc1. The largest absolute Gasteiger partial charge is 0.459 e. The Labute approximate surface area is 134 Å². The highest BCUT2D eigenvalue weighted by atomic mass is 16.7.